The zero-order valence-corrected chi connectivity index (χ0v) is 21.8. The number of nitro benzene ring substituents is 1. The summed E-state index contributed by atoms with van der Waals surface area (Å²) in [6, 6.07) is 17.3. The molecule has 1 aliphatic heterocycles. The van der Waals surface area contributed by atoms with Gasteiger partial charge in [0.2, 0.25) is 5.91 Å². The second-order valence-corrected chi connectivity index (χ2v) is 10.4. The van der Waals surface area contributed by atoms with E-state index in [0.717, 1.165) is 10.4 Å². The number of amides is 1. The normalized spacial score (nSPS) is 21.3. The van der Waals surface area contributed by atoms with E-state index in [1.165, 1.54) is 23.5 Å². The van der Waals surface area contributed by atoms with Crippen LogP contribution in [-0.4, -0.2) is 29.2 Å². The van der Waals surface area contributed by atoms with Crippen LogP contribution in [0.25, 0.3) is 0 Å². The summed E-state index contributed by atoms with van der Waals surface area (Å²) in [6.45, 7) is 3.78. The number of nitrogens with zero attached hydrogens (tertiary/aromatic N) is 2. The molecule has 0 spiro atoms. The number of Topliss-reactive ketones (excluding diaryl/α,β-unsaturated/α-hetero) is 1. The van der Waals surface area contributed by atoms with Crippen LogP contribution < -0.4 is 4.90 Å². The minimum Gasteiger partial charge on any atom is -0.465 e. The third kappa shape index (κ3) is 4.54. The molecule has 2 aromatic carbocycles. The minimum atomic E-state index is -1.07. The van der Waals surface area contributed by atoms with Gasteiger partial charge in [-0.25, -0.2) is 0 Å². The summed E-state index contributed by atoms with van der Waals surface area (Å²) in [4.78, 5) is 54.6. The highest BCUT2D eigenvalue weighted by molar-refractivity contribution is 7.10. The molecule has 9 heteroatoms. The largest absolute Gasteiger partial charge is 0.465 e. The van der Waals surface area contributed by atoms with Crippen LogP contribution in [0.2, 0.25) is 0 Å². The number of rotatable bonds is 6. The highest BCUT2D eigenvalue weighted by Crippen LogP contribution is 2.50. The molecule has 1 amide bonds. The smallest absolute Gasteiger partial charge is 0.317 e. The number of hydrogen-bond acceptors (Lipinski definition) is 7. The SMILES string of the molecule is CCOC(=O)C1C(=O)C2=C(CC1c1cccs1)N(c1ccc(C)cc1)C(=O)CC2c1cccc([N+](=O)[O-])c1. The number of ketones is 1. The fourth-order valence-electron chi connectivity index (χ4n) is 5.44. The number of thiophene rings is 1. The fraction of sp³-hybridized carbons (Fsp3) is 0.276. The maximum absolute atomic E-state index is 14.3. The summed E-state index contributed by atoms with van der Waals surface area (Å²) in [6.07, 6.45) is 0.217. The molecule has 38 heavy (non-hydrogen) atoms. The number of carbonyl (C=O) groups excluding carboxylic acids is 3. The Hall–Kier alpha value is -4.11. The Morgan fingerprint density at radius 2 is 1.87 bits per heavy atom. The summed E-state index contributed by atoms with van der Waals surface area (Å²) < 4.78 is 5.35. The molecule has 0 saturated heterocycles. The van der Waals surface area contributed by atoms with Crippen LogP contribution in [0.5, 0.6) is 0 Å². The van der Waals surface area contributed by atoms with E-state index in [2.05, 4.69) is 0 Å². The first-order chi connectivity index (χ1) is 18.3. The lowest BCUT2D eigenvalue weighted by molar-refractivity contribution is -0.384. The topological polar surface area (TPSA) is 107 Å². The van der Waals surface area contributed by atoms with Gasteiger partial charge in [0, 0.05) is 52.2 Å². The van der Waals surface area contributed by atoms with Crippen molar-refractivity contribution in [3.8, 4) is 0 Å². The minimum absolute atomic E-state index is 0.0567. The second-order valence-electron chi connectivity index (χ2n) is 9.45. The van der Waals surface area contributed by atoms with Gasteiger partial charge < -0.3 is 4.74 Å². The fourth-order valence-corrected chi connectivity index (χ4v) is 6.30. The van der Waals surface area contributed by atoms with Crippen molar-refractivity contribution in [3.63, 3.8) is 0 Å². The van der Waals surface area contributed by atoms with Gasteiger partial charge in [0.05, 0.1) is 11.5 Å². The van der Waals surface area contributed by atoms with Crippen LogP contribution in [0.15, 0.2) is 77.3 Å². The van der Waals surface area contributed by atoms with Gasteiger partial charge in [-0.3, -0.25) is 29.4 Å². The predicted octanol–water partition coefficient (Wildman–Crippen LogP) is 5.68. The predicted molar refractivity (Wildman–Crippen MR) is 143 cm³/mol. The molecule has 1 aliphatic carbocycles. The molecule has 3 unspecified atom stereocenters. The van der Waals surface area contributed by atoms with E-state index in [-0.39, 0.29) is 31.0 Å². The highest BCUT2D eigenvalue weighted by Gasteiger charge is 2.50. The van der Waals surface area contributed by atoms with Gasteiger partial charge in [0.25, 0.3) is 5.69 Å². The molecule has 2 aliphatic rings. The lowest BCUT2D eigenvalue weighted by atomic mass is 9.69. The zero-order valence-electron chi connectivity index (χ0n) is 21.0. The summed E-state index contributed by atoms with van der Waals surface area (Å²) in [7, 11) is 0. The third-order valence-corrected chi connectivity index (χ3v) is 8.15. The average Bonchev–Trinajstić information content (AvgIpc) is 3.44. The van der Waals surface area contributed by atoms with Crippen molar-refractivity contribution in [1.29, 1.82) is 0 Å². The Kier molecular flexibility index (Phi) is 6.94. The molecule has 8 nitrogen and oxygen atoms in total. The number of non-ortho nitro benzene ring substituents is 1. The molecular weight excluding hydrogens is 504 g/mol. The van der Waals surface area contributed by atoms with Gasteiger partial charge in [-0.15, -0.1) is 11.3 Å². The van der Waals surface area contributed by atoms with Crippen LogP contribution in [0.1, 0.15) is 47.6 Å². The van der Waals surface area contributed by atoms with Gasteiger partial charge in [0.1, 0.15) is 5.92 Å². The van der Waals surface area contributed by atoms with E-state index >= 15 is 0 Å². The Labute approximate surface area is 223 Å². The number of ether oxygens (including phenoxy) is 1. The Morgan fingerprint density at radius 1 is 1.11 bits per heavy atom. The number of anilines is 1. The molecule has 1 aromatic heterocycles. The molecule has 0 N–H and O–H groups in total. The summed E-state index contributed by atoms with van der Waals surface area (Å²) in [5.74, 6) is -3.49. The maximum atomic E-state index is 14.3. The van der Waals surface area contributed by atoms with Crippen molar-refractivity contribution in [1.82, 2.24) is 0 Å². The van der Waals surface area contributed by atoms with Crippen molar-refractivity contribution in [2.75, 3.05) is 11.5 Å². The Balaban J connectivity index is 1.72. The maximum Gasteiger partial charge on any atom is 0.317 e. The number of hydrogen-bond donors (Lipinski definition) is 0. The van der Waals surface area contributed by atoms with E-state index in [4.69, 9.17) is 4.74 Å². The van der Waals surface area contributed by atoms with Gasteiger partial charge in [-0.05, 0) is 49.4 Å². The molecule has 3 aromatic rings. The number of carbonyl (C=O) groups is 3. The van der Waals surface area contributed by atoms with E-state index in [9.17, 15) is 24.5 Å². The molecule has 194 valence electrons. The first-order valence-corrected chi connectivity index (χ1v) is 13.3. The number of aryl methyl sites for hydroxylation is 1. The molecular formula is C29H26N2O6S. The van der Waals surface area contributed by atoms with Crippen molar-refractivity contribution >= 4 is 40.4 Å². The van der Waals surface area contributed by atoms with Crippen molar-refractivity contribution < 1.29 is 24.0 Å². The first-order valence-electron chi connectivity index (χ1n) is 12.4. The quantitative estimate of drug-likeness (QED) is 0.176. The van der Waals surface area contributed by atoms with Gasteiger partial charge in [-0.1, -0.05) is 35.9 Å². The molecule has 0 saturated carbocycles. The van der Waals surface area contributed by atoms with Crippen molar-refractivity contribution in [3.05, 3.63) is 103 Å². The number of allylic oxidation sites excluding steroid dienone is 2. The zero-order chi connectivity index (χ0) is 27.0. The monoisotopic (exact) mass is 530 g/mol. The molecule has 0 fully saturated rings. The van der Waals surface area contributed by atoms with E-state index in [1.54, 1.807) is 24.0 Å². The number of benzene rings is 2. The molecule has 2 heterocycles. The average molecular weight is 531 g/mol. The van der Waals surface area contributed by atoms with E-state index < -0.39 is 34.4 Å². The van der Waals surface area contributed by atoms with Crippen LogP contribution in [0.4, 0.5) is 11.4 Å². The molecule has 3 atom stereocenters. The van der Waals surface area contributed by atoms with Gasteiger partial charge in [0.15, 0.2) is 5.78 Å². The summed E-state index contributed by atoms with van der Waals surface area (Å²) in [5.41, 5.74) is 2.91. The standard InChI is InChI=1S/C29H26N2O6S/c1-3-37-29(34)27-22(24-8-5-13-38-24)15-23-26(28(27)33)21(18-6-4-7-20(14-18)31(35)36)16-25(32)30(23)19-11-9-17(2)10-12-19/h4-14,21-22,27H,3,15-16H2,1-2H3. The summed E-state index contributed by atoms with van der Waals surface area (Å²) in [5, 5.41) is 13.4. The Morgan fingerprint density at radius 3 is 2.53 bits per heavy atom. The van der Waals surface area contributed by atoms with Crippen LogP contribution >= 0.6 is 11.3 Å². The lowest BCUT2D eigenvalue weighted by Gasteiger charge is -2.42. The van der Waals surface area contributed by atoms with Crippen LogP contribution in [-0.2, 0) is 19.1 Å². The first kappa shape index (κ1) is 25.5. The van der Waals surface area contributed by atoms with Crippen molar-refractivity contribution in [2.45, 2.75) is 38.5 Å². The Bertz CT molecular complexity index is 1440. The van der Waals surface area contributed by atoms with Crippen LogP contribution in [0, 0.1) is 23.0 Å². The number of esters is 1. The van der Waals surface area contributed by atoms with Gasteiger partial charge in [-0.2, -0.15) is 0 Å². The number of nitro groups is 1. The van der Waals surface area contributed by atoms with Gasteiger partial charge >= 0.3 is 5.97 Å². The lowest BCUT2D eigenvalue weighted by Crippen LogP contribution is -2.46. The highest BCUT2D eigenvalue weighted by atomic mass is 32.1. The second kappa shape index (κ2) is 10.3. The molecule has 0 radical (unpaired) electrons. The van der Waals surface area contributed by atoms with Crippen LogP contribution in [0.3, 0.4) is 0 Å². The van der Waals surface area contributed by atoms with E-state index in [1.807, 2.05) is 48.7 Å². The van der Waals surface area contributed by atoms with E-state index in [0.29, 0.717) is 22.5 Å². The third-order valence-electron chi connectivity index (χ3n) is 7.15. The van der Waals surface area contributed by atoms with Crippen molar-refractivity contribution in [2.24, 2.45) is 5.92 Å². The molecule has 5 rings (SSSR count). The molecule has 0 bridgehead atoms. The summed E-state index contributed by atoms with van der Waals surface area (Å²) >= 11 is 1.45.